The van der Waals surface area contributed by atoms with Crippen LogP contribution in [0.5, 0.6) is 103 Å². The molecule has 430 valence electrons. The molecule has 28 heteroatoms. The zero-order valence-corrected chi connectivity index (χ0v) is 45.9. The van der Waals surface area contributed by atoms with Gasteiger partial charge in [0.05, 0.1) is 11.1 Å². The van der Waals surface area contributed by atoms with Crippen molar-refractivity contribution >= 4 is 83.2 Å². The maximum atomic E-state index is 13.7. The van der Waals surface area contributed by atoms with E-state index in [4.69, 9.17) is 82.7 Å². The van der Waals surface area contributed by atoms with E-state index in [1.165, 1.54) is 0 Å². The quantitative estimate of drug-likeness (QED) is 0.0552. The summed E-state index contributed by atoms with van der Waals surface area (Å²) in [7, 11) is 0. The standard InChI is InChI=1S/C54H45ClO27/c1-22(56)68-34-13-38(71-25(4)59)48(39(14-34)72-26(5)60)49-40(81-52-44(76-30(9)64)18-35(69-23(2)57)19-45(52)77-31(10)65)21-47(78-32(11)66)53(54(49)79-33(12)67)82-46-20-36(70-24(3)58)17-43(75-29(8)63)51(46)80-37-15-41(73-27(6)61)50(55)42(16-37)74-28(7)62/h13-21H,1-12H3. The second kappa shape index (κ2) is 26.9. The van der Waals surface area contributed by atoms with E-state index in [0.29, 0.717) is 0 Å². The third-order valence-corrected chi connectivity index (χ3v) is 9.50. The second-order valence-electron chi connectivity index (χ2n) is 16.4. The minimum absolute atomic E-state index is 0.390. The number of carbonyl (C=O) groups excluding carboxylic acids is 12. The van der Waals surface area contributed by atoms with Crippen molar-refractivity contribution in [2.24, 2.45) is 0 Å². The predicted molar refractivity (Wildman–Crippen MR) is 272 cm³/mol. The van der Waals surface area contributed by atoms with E-state index in [0.717, 1.165) is 138 Å². The van der Waals surface area contributed by atoms with Crippen molar-refractivity contribution in [1.29, 1.82) is 0 Å². The Kier molecular flexibility index (Phi) is 20.4. The van der Waals surface area contributed by atoms with Crippen molar-refractivity contribution in [2.75, 3.05) is 0 Å². The molecule has 5 aromatic carbocycles. The largest absolute Gasteiger partial charge is 0.449 e. The lowest BCUT2D eigenvalue weighted by molar-refractivity contribution is -0.133. The van der Waals surface area contributed by atoms with E-state index < -0.39 is 186 Å². The molecule has 0 radical (unpaired) electrons. The molecule has 0 aliphatic carbocycles. The number of hydrogen-bond donors (Lipinski definition) is 0. The van der Waals surface area contributed by atoms with Gasteiger partial charge in [0.25, 0.3) is 0 Å². The highest BCUT2D eigenvalue weighted by molar-refractivity contribution is 6.33. The molecule has 0 fully saturated rings. The number of esters is 12. The maximum absolute atomic E-state index is 13.7. The number of halogens is 1. The van der Waals surface area contributed by atoms with Gasteiger partial charge in [-0.15, -0.1) is 0 Å². The minimum atomic E-state index is -1.26. The third kappa shape index (κ3) is 17.2. The number of hydrogen-bond acceptors (Lipinski definition) is 27. The molecule has 0 saturated heterocycles. The van der Waals surface area contributed by atoms with Gasteiger partial charge in [-0.25, -0.2) is 0 Å². The first-order valence-electron chi connectivity index (χ1n) is 23.2. The lowest BCUT2D eigenvalue weighted by Gasteiger charge is -2.25. The van der Waals surface area contributed by atoms with E-state index in [9.17, 15) is 57.5 Å². The number of rotatable bonds is 19. The van der Waals surface area contributed by atoms with Gasteiger partial charge in [-0.2, -0.15) is 0 Å². The summed E-state index contributed by atoms with van der Waals surface area (Å²) in [6, 6.07) is 8.43. The van der Waals surface area contributed by atoms with Crippen LogP contribution in [0.15, 0.2) is 54.6 Å². The number of carbonyl (C=O) groups is 12. The molecule has 0 unspecified atom stereocenters. The highest BCUT2D eigenvalue weighted by atomic mass is 35.5. The molecule has 27 nitrogen and oxygen atoms in total. The molecule has 0 atom stereocenters. The monoisotopic (exact) mass is 1160 g/mol. The van der Waals surface area contributed by atoms with Crippen molar-refractivity contribution in [2.45, 2.75) is 83.1 Å². The maximum Gasteiger partial charge on any atom is 0.308 e. The Hall–Kier alpha value is -10.6. The summed E-state index contributed by atoms with van der Waals surface area (Å²) >= 11 is 6.44. The smallest absolute Gasteiger partial charge is 0.308 e. The SMILES string of the molecule is CC(=O)Oc1cc(OC(C)=O)c(Oc2cc(OC(C)=O)c(Cl)c(OC(C)=O)c2)c(Oc2c(OC(C)=O)cc(Oc3c(OC(C)=O)cc(OC(C)=O)cc3OC(C)=O)c(-c3c(OC(C)=O)cc(OC(C)=O)cc3OC(C)=O)c2OC(C)=O)c1. The fourth-order valence-electron chi connectivity index (χ4n) is 6.91. The van der Waals surface area contributed by atoms with Crippen molar-refractivity contribution in [3.05, 3.63) is 59.6 Å². The van der Waals surface area contributed by atoms with Gasteiger partial charge in [-0.3, -0.25) is 57.5 Å². The van der Waals surface area contributed by atoms with E-state index in [1.54, 1.807) is 0 Å². The van der Waals surface area contributed by atoms with Gasteiger partial charge in [0.2, 0.25) is 17.2 Å². The minimum Gasteiger partial charge on any atom is -0.449 e. The number of ether oxygens (including phenoxy) is 15. The van der Waals surface area contributed by atoms with Crippen LogP contribution in [0.2, 0.25) is 5.02 Å². The molecular weight excluding hydrogens is 1120 g/mol. The van der Waals surface area contributed by atoms with Crippen LogP contribution < -0.4 is 71.1 Å². The molecule has 0 spiro atoms. The molecule has 0 aliphatic rings. The summed E-state index contributed by atoms with van der Waals surface area (Å²) in [5, 5.41) is -0.408. The zero-order valence-electron chi connectivity index (χ0n) is 45.1. The molecule has 0 amide bonds. The molecule has 5 aromatic rings. The van der Waals surface area contributed by atoms with Gasteiger partial charge < -0.3 is 71.1 Å². The Balaban J connectivity index is 2.12. The fraction of sp³-hybridized carbons (Fsp3) is 0.222. The molecule has 0 N–H and O–H groups in total. The van der Waals surface area contributed by atoms with Crippen molar-refractivity contribution in [3.8, 4) is 115 Å². The zero-order chi connectivity index (χ0) is 61.0. The Morgan fingerprint density at radius 3 is 0.829 bits per heavy atom. The normalized spacial score (nSPS) is 10.4. The molecule has 0 heterocycles. The van der Waals surface area contributed by atoms with Crippen LogP contribution >= 0.6 is 11.6 Å². The molecule has 0 aliphatic heterocycles. The van der Waals surface area contributed by atoms with Gasteiger partial charge in [-0.1, -0.05) is 11.6 Å². The Morgan fingerprint density at radius 1 is 0.232 bits per heavy atom. The molecule has 0 aromatic heterocycles. The summed E-state index contributed by atoms with van der Waals surface area (Å²) in [6.45, 7) is 11.4. The molecular formula is C54H45ClO27. The van der Waals surface area contributed by atoms with Crippen molar-refractivity contribution in [3.63, 3.8) is 0 Å². The van der Waals surface area contributed by atoms with Crippen LogP contribution in [-0.2, 0) is 57.5 Å². The first kappa shape index (κ1) is 62.3. The van der Waals surface area contributed by atoms with E-state index in [2.05, 4.69) is 0 Å². The lowest BCUT2D eigenvalue weighted by Crippen LogP contribution is -2.12. The second-order valence-corrected chi connectivity index (χ2v) is 16.7. The van der Waals surface area contributed by atoms with Gasteiger partial charge in [0, 0.05) is 138 Å². The molecule has 0 bridgehead atoms. The summed E-state index contributed by atoms with van der Waals surface area (Å²) in [6.07, 6.45) is 0. The van der Waals surface area contributed by atoms with Crippen LogP contribution in [0, 0.1) is 0 Å². The van der Waals surface area contributed by atoms with Crippen LogP contribution in [0.25, 0.3) is 11.1 Å². The Bertz CT molecular complexity index is 3410. The van der Waals surface area contributed by atoms with Crippen molar-refractivity contribution in [1.82, 2.24) is 0 Å². The molecule has 0 saturated carbocycles. The van der Waals surface area contributed by atoms with Gasteiger partial charge in [-0.05, 0) is 0 Å². The van der Waals surface area contributed by atoms with Gasteiger partial charge in [0.15, 0.2) is 46.0 Å². The summed E-state index contributed by atoms with van der Waals surface area (Å²) in [4.78, 5) is 153. The highest BCUT2D eigenvalue weighted by Gasteiger charge is 2.36. The summed E-state index contributed by atoms with van der Waals surface area (Å²) < 4.78 is 84.6. The van der Waals surface area contributed by atoms with E-state index >= 15 is 0 Å². The molecule has 82 heavy (non-hydrogen) atoms. The van der Waals surface area contributed by atoms with E-state index in [1.807, 2.05) is 0 Å². The molecule has 5 rings (SSSR count). The fourth-order valence-corrected chi connectivity index (χ4v) is 7.10. The first-order valence-corrected chi connectivity index (χ1v) is 23.6. The predicted octanol–water partition coefficient (Wildman–Crippen LogP) is 8.49. The topological polar surface area (TPSA) is 343 Å². The number of benzene rings is 5. The highest BCUT2D eigenvalue weighted by Crippen LogP contribution is 2.60. The first-order chi connectivity index (χ1) is 38.4. The average Bonchev–Trinajstić information content (AvgIpc) is 3.33. The van der Waals surface area contributed by atoms with Gasteiger partial charge in [0.1, 0.15) is 45.3 Å². The Morgan fingerprint density at radius 2 is 0.488 bits per heavy atom. The third-order valence-electron chi connectivity index (χ3n) is 9.13. The van der Waals surface area contributed by atoms with Gasteiger partial charge >= 0.3 is 71.6 Å². The van der Waals surface area contributed by atoms with Crippen LogP contribution in [0.4, 0.5) is 0 Å². The van der Waals surface area contributed by atoms with Crippen LogP contribution in [-0.4, -0.2) is 71.6 Å². The summed E-state index contributed by atoms with van der Waals surface area (Å²) in [5.74, 6) is -24.3. The average molecular weight is 1160 g/mol. The van der Waals surface area contributed by atoms with Crippen molar-refractivity contribution < 1.29 is 129 Å². The van der Waals surface area contributed by atoms with Crippen LogP contribution in [0.3, 0.4) is 0 Å². The Labute approximate surface area is 467 Å². The summed E-state index contributed by atoms with van der Waals surface area (Å²) in [5.41, 5.74) is -1.42. The van der Waals surface area contributed by atoms with Crippen LogP contribution in [0.1, 0.15) is 83.1 Å². The lowest BCUT2D eigenvalue weighted by atomic mass is 9.99. The van der Waals surface area contributed by atoms with E-state index in [-0.39, 0.29) is 5.75 Å².